The highest BCUT2D eigenvalue weighted by molar-refractivity contribution is 6.33. The summed E-state index contributed by atoms with van der Waals surface area (Å²) in [6, 6.07) is 4.41. The Balaban J connectivity index is 2.11. The summed E-state index contributed by atoms with van der Waals surface area (Å²) >= 11 is 6.09. The largest absolute Gasteiger partial charge is 0.471 e. The van der Waals surface area contributed by atoms with Gasteiger partial charge in [0.05, 0.1) is 10.7 Å². The molecule has 0 atom stereocenters. The molecule has 0 spiro atoms. The minimum Gasteiger partial charge on any atom is -0.370 e. The van der Waals surface area contributed by atoms with Crippen LogP contribution in [0.15, 0.2) is 18.2 Å². The molecule has 0 aliphatic carbocycles. The first-order chi connectivity index (χ1) is 9.38. The number of hydrogen-bond donors (Lipinski definition) is 1. The molecule has 1 saturated heterocycles. The number of piperidine rings is 1. The molecule has 1 aromatic carbocycles. The zero-order valence-corrected chi connectivity index (χ0v) is 11.4. The Bertz CT molecular complexity index is 499. The fourth-order valence-corrected chi connectivity index (χ4v) is 2.48. The van der Waals surface area contributed by atoms with Gasteiger partial charge in [-0.05, 0) is 37.5 Å². The van der Waals surface area contributed by atoms with E-state index in [9.17, 15) is 18.0 Å². The number of carbonyl (C=O) groups excluding carboxylic acids is 1. The average Bonchev–Trinajstić information content (AvgIpc) is 2.38. The minimum absolute atomic E-state index is 0.0399. The Morgan fingerprint density at radius 2 is 1.85 bits per heavy atom. The number of amides is 1. The molecule has 0 radical (unpaired) electrons. The summed E-state index contributed by atoms with van der Waals surface area (Å²) in [5.41, 5.74) is 0.828. The van der Waals surface area contributed by atoms with Crippen molar-refractivity contribution in [2.75, 3.05) is 23.3 Å². The molecule has 20 heavy (non-hydrogen) atoms. The van der Waals surface area contributed by atoms with Gasteiger partial charge in [0, 0.05) is 18.8 Å². The van der Waals surface area contributed by atoms with E-state index < -0.39 is 12.1 Å². The van der Waals surface area contributed by atoms with E-state index in [1.54, 1.807) is 11.4 Å². The van der Waals surface area contributed by atoms with Crippen molar-refractivity contribution in [1.29, 1.82) is 0 Å². The van der Waals surface area contributed by atoms with E-state index in [4.69, 9.17) is 11.6 Å². The Hall–Kier alpha value is -1.43. The molecule has 1 fully saturated rings. The maximum absolute atomic E-state index is 12.2. The van der Waals surface area contributed by atoms with Crippen LogP contribution in [0.25, 0.3) is 0 Å². The van der Waals surface area contributed by atoms with Gasteiger partial charge in [-0.3, -0.25) is 4.79 Å². The minimum atomic E-state index is -4.90. The van der Waals surface area contributed by atoms with Crippen LogP contribution >= 0.6 is 11.6 Å². The van der Waals surface area contributed by atoms with E-state index in [-0.39, 0.29) is 5.69 Å². The van der Waals surface area contributed by atoms with Crippen LogP contribution in [0.5, 0.6) is 0 Å². The summed E-state index contributed by atoms with van der Waals surface area (Å²) in [4.78, 5) is 12.9. The van der Waals surface area contributed by atoms with Gasteiger partial charge >= 0.3 is 12.1 Å². The molecule has 1 aromatic rings. The van der Waals surface area contributed by atoms with Crippen LogP contribution in [-0.4, -0.2) is 25.2 Å². The molecule has 1 heterocycles. The van der Waals surface area contributed by atoms with Crippen molar-refractivity contribution in [3.8, 4) is 0 Å². The maximum atomic E-state index is 12.2. The Labute approximate surface area is 119 Å². The summed E-state index contributed by atoms with van der Waals surface area (Å²) in [6.45, 7) is 1.77. The lowest BCUT2D eigenvalue weighted by Crippen LogP contribution is -2.30. The van der Waals surface area contributed by atoms with Gasteiger partial charge in [0.1, 0.15) is 0 Å². The molecule has 2 rings (SSSR count). The molecular weight excluding hydrogens is 293 g/mol. The van der Waals surface area contributed by atoms with E-state index in [0.717, 1.165) is 31.6 Å². The van der Waals surface area contributed by atoms with Crippen molar-refractivity contribution in [3.05, 3.63) is 23.2 Å². The third kappa shape index (κ3) is 3.56. The van der Waals surface area contributed by atoms with E-state index in [0.29, 0.717) is 5.02 Å². The summed E-state index contributed by atoms with van der Waals surface area (Å²) in [5.74, 6) is -2.00. The quantitative estimate of drug-likeness (QED) is 0.900. The van der Waals surface area contributed by atoms with Crippen LogP contribution in [0, 0.1) is 0 Å². The average molecular weight is 307 g/mol. The number of benzene rings is 1. The molecule has 3 nitrogen and oxygen atoms in total. The second kappa shape index (κ2) is 5.91. The van der Waals surface area contributed by atoms with Gasteiger partial charge in [-0.25, -0.2) is 0 Å². The monoisotopic (exact) mass is 306 g/mol. The van der Waals surface area contributed by atoms with Crippen LogP contribution in [-0.2, 0) is 4.79 Å². The lowest BCUT2D eigenvalue weighted by molar-refractivity contribution is -0.167. The number of carbonyl (C=O) groups is 1. The summed E-state index contributed by atoms with van der Waals surface area (Å²) in [7, 11) is 0. The van der Waals surface area contributed by atoms with E-state index in [1.165, 1.54) is 18.6 Å². The molecule has 0 bridgehead atoms. The molecular formula is C13H14ClF3N2O. The molecule has 1 aliphatic rings. The first kappa shape index (κ1) is 15.0. The van der Waals surface area contributed by atoms with Crippen LogP contribution in [0.4, 0.5) is 24.5 Å². The molecule has 0 aromatic heterocycles. The van der Waals surface area contributed by atoms with Gasteiger partial charge in [0.15, 0.2) is 0 Å². The maximum Gasteiger partial charge on any atom is 0.471 e. The molecule has 7 heteroatoms. The smallest absolute Gasteiger partial charge is 0.370 e. The second-order valence-corrected chi connectivity index (χ2v) is 5.07. The zero-order chi connectivity index (χ0) is 14.8. The number of nitrogens with zero attached hydrogens (tertiary/aromatic N) is 1. The summed E-state index contributed by atoms with van der Waals surface area (Å²) < 4.78 is 36.5. The highest BCUT2D eigenvalue weighted by atomic mass is 35.5. The first-order valence-corrected chi connectivity index (χ1v) is 6.68. The van der Waals surface area contributed by atoms with Crippen LogP contribution in [0.2, 0.25) is 5.02 Å². The van der Waals surface area contributed by atoms with Crippen molar-refractivity contribution in [3.63, 3.8) is 0 Å². The third-order valence-electron chi connectivity index (χ3n) is 3.16. The number of rotatable bonds is 2. The van der Waals surface area contributed by atoms with Gasteiger partial charge in [0.2, 0.25) is 0 Å². The van der Waals surface area contributed by atoms with Crippen molar-refractivity contribution in [1.82, 2.24) is 0 Å². The van der Waals surface area contributed by atoms with Gasteiger partial charge < -0.3 is 10.2 Å². The van der Waals surface area contributed by atoms with E-state index in [2.05, 4.69) is 4.90 Å². The molecule has 1 amide bonds. The number of anilines is 2. The van der Waals surface area contributed by atoms with Gasteiger partial charge in [-0.1, -0.05) is 11.6 Å². The SMILES string of the molecule is O=C(Nc1ccc(N2CCCCC2)c(Cl)c1)C(F)(F)F. The van der Waals surface area contributed by atoms with Crippen molar-refractivity contribution < 1.29 is 18.0 Å². The molecule has 0 unspecified atom stereocenters. The first-order valence-electron chi connectivity index (χ1n) is 6.30. The Morgan fingerprint density at radius 3 is 2.40 bits per heavy atom. The lowest BCUT2D eigenvalue weighted by atomic mass is 10.1. The number of nitrogens with one attached hydrogen (secondary N) is 1. The summed E-state index contributed by atoms with van der Waals surface area (Å²) in [5, 5.41) is 2.13. The van der Waals surface area contributed by atoms with Crippen LogP contribution in [0.1, 0.15) is 19.3 Å². The number of halogens is 4. The highest BCUT2D eigenvalue weighted by Crippen LogP contribution is 2.31. The van der Waals surface area contributed by atoms with Crippen molar-refractivity contribution >= 4 is 28.9 Å². The molecule has 110 valence electrons. The van der Waals surface area contributed by atoms with Gasteiger partial charge in [0.25, 0.3) is 0 Å². The molecule has 1 N–H and O–H groups in total. The fraction of sp³-hybridized carbons (Fsp3) is 0.462. The topological polar surface area (TPSA) is 32.3 Å². The van der Waals surface area contributed by atoms with Gasteiger partial charge in [-0.15, -0.1) is 0 Å². The molecule has 1 aliphatic heterocycles. The van der Waals surface area contributed by atoms with Gasteiger partial charge in [-0.2, -0.15) is 13.2 Å². The Kier molecular flexibility index (Phi) is 4.42. The predicted octanol–water partition coefficient (Wildman–Crippen LogP) is 3.83. The second-order valence-electron chi connectivity index (χ2n) is 4.67. The lowest BCUT2D eigenvalue weighted by Gasteiger charge is -2.29. The van der Waals surface area contributed by atoms with E-state index in [1.807, 2.05) is 0 Å². The number of alkyl halides is 3. The third-order valence-corrected chi connectivity index (χ3v) is 3.46. The van der Waals surface area contributed by atoms with Crippen molar-refractivity contribution in [2.24, 2.45) is 0 Å². The fourth-order valence-electron chi connectivity index (χ4n) is 2.18. The molecule has 0 saturated carbocycles. The number of hydrogen-bond acceptors (Lipinski definition) is 2. The highest BCUT2D eigenvalue weighted by Gasteiger charge is 2.38. The van der Waals surface area contributed by atoms with Crippen LogP contribution < -0.4 is 10.2 Å². The predicted molar refractivity (Wildman–Crippen MR) is 72.2 cm³/mol. The van der Waals surface area contributed by atoms with Crippen LogP contribution in [0.3, 0.4) is 0 Å². The zero-order valence-electron chi connectivity index (χ0n) is 10.6. The normalized spacial score (nSPS) is 16.1. The van der Waals surface area contributed by atoms with Crippen molar-refractivity contribution in [2.45, 2.75) is 25.4 Å². The Morgan fingerprint density at radius 1 is 1.20 bits per heavy atom. The van der Waals surface area contributed by atoms with E-state index >= 15 is 0 Å². The standard InChI is InChI=1S/C13H14ClF3N2O/c14-10-8-9(18-12(20)13(15,16)17)4-5-11(10)19-6-2-1-3-7-19/h4-5,8H,1-3,6-7H2,(H,18,20). The summed E-state index contributed by atoms with van der Waals surface area (Å²) in [6.07, 6.45) is -1.59.